The second-order valence-electron chi connectivity index (χ2n) is 11.3. The van der Waals surface area contributed by atoms with Gasteiger partial charge in [-0.1, -0.05) is 11.2 Å². The minimum atomic E-state index is -0.237. The van der Waals surface area contributed by atoms with Crippen molar-refractivity contribution in [2.45, 2.75) is 65.3 Å². The van der Waals surface area contributed by atoms with Crippen LogP contribution in [0.5, 0.6) is 0 Å². The third kappa shape index (κ3) is 4.83. The Morgan fingerprint density at radius 2 is 1.82 bits per heavy atom. The topological polar surface area (TPSA) is 108 Å². The summed E-state index contributed by atoms with van der Waals surface area (Å²) in [5, 5.41) is 7.43. The molecule has 0 spiro atoms. The summed E-state index contributed by atoms with van der Waals surface area (Å²) >= 11 is 0. The minimum Gasteiger partial charge on any atom is -0.361 e. The SMILES string of the molecule is Cc1noc(C)c1CC(C)N=C1C=CCC(=O)C1=C1Cc2cc3c(cc2N1)C(=O)N(CCCN1CCCC1)C3=O. The van der Waals surface area contributed by atoms with Crippen LogP contribution in [0.15, 0.2) is 45.1 Å². The number of hydrogen-bond donors (Lipinski definition) is 1. The first-order valence-electron chi connectivity index (χ1n) is 14.3. The highest BCUT2D eigenvalue weighted by Crippen LogP contribution is 2.36. The maximum atomic E-state index is 13.2. The van der Waals surface area contributed by atoms with E-state index < -0.39 is 0 Å². The van der Waals surface area contributed by atoms with Crippen molar-refractivity contribution in [1.29, 1.82) is 0 Å². The lowest BCUT2D eigenvalue weighted by atomic mass is 9.93. The first-order chi connectivity index (χ1) is 19.3. The molecule has 9 nitrogen and oxygen atoms in total. The number of hydrogen-bond acceptors (Lipinski definition) is 8. The average molecular weight is 542 g/mol. The number of amides is 2. The summed E-state index contributed by atoms with van der Waals surface area (Å²) in [6.45, 7) is 9.38. The molecule has 208 valence electrons. The van der Waals surface area contributed by atoms with E-state index in [0.717, 1.165) is 60.0 Å². The van der Waals surface area contributed by atoms with Crippen molar-refractivity contribution in [1.82, 2.24) is 15.0 Å². The Balaban J connectivity index is 1.21. The zero-order chi connectivity index (χ0) is 28.0. The molecule has 6 rings (SSSR count). The summed E-state index contributed by atoms with van der Waals surface area (Å²) in [6, 6.07) is 3.52. The third-order valence-corrected chi connectivity index (χ3v) is 8.36. The number of carbonyl (C=O) groups excluding carboxylic acids is 3. The number of likely N-dealkylation sites (tertiary alicyclic amines) is 1. The molecule has 2 aromatic rings. The molecule has 0 bridgehead atoms. The maximum absolute atomic E-state index is 13.2. The van der Waals surface area contributed by atoms with Crippen LogP contribution in [-0.4, -0.2) is 70.5 Å². The van der Waals surface area contributed by atoms with E-state index in [2.05, 4.69) is 15.4 Å². The molecule has 1 N–H and O–H groups in total. The highest BCUT2D eigenvalue weighted by molar-refractivity contribution is 6.29. The number of nitrogens with zero attached hydrogens (tertiary/aromatic N) is 4. The molecule has 1 aromatic carbocycles. The Bertz CT molecular complexity index is 1420. The Kier molecular flexibility index (Phi) is 7.00. The van der Waals surface area contributed by atoms with E-state index in [0.29, 0.717) is 48.2 Å². The van der Waals surface area contributed by atoms with E-state index in [-0.39, 0.29) is 23.6 Å². The van der Waals surface area contributed by atoms with Gasteiger partial charge in [0.25, 0.3) is 11.8 Å². The fourth-order valence-corrected chi connectivity index (χ4v) is 6.26. The van der Waals surface area contributed by atoms with Crippen molar-refractivity contribution in [3.8, 4) is 0 Å². The second-order valence-corrected chi connectivity index (χ2v) is 11.3. The zero-order valence-corrected chi connectivity index (χ0v) is 23.4. The van der Waals surface area contributed by atoms with Crippen LogP contribution in [-0.2, 0) is 17.6 Å². The van der Waals surface area contributed by atoms with E-state index in [1.807, 2.05) is 39.0 Å². The van der Waals surface area contributed by atoms with E-state index in [1.165, 1.54) is 17.7 Å². The molecule has 1 atom stereocenters. The van der Waals surface area contributed by atoms with Gasteiger partial charge in [-0.25, -0.2) is 0 Å². The van der Waals surface area contributed by atoms with Crippen LogP contribution in [0.25, 0.3) is 0 Å². The quantitative estimate of drug-likeness (QED) is 0.414. The summed E-state index contributed by atoms with van der Waals surface area (Å²) in [5.41, 5.74) is 6.44. The molecule has 4 heterocycles. The van der Waals surface area contributed by atoms with Crippen molar-refractivity contribution < 1.29 is 18.9 Å². The van der Waals surface area contributed by atoms with E-state index in [4.69, 9.17) is 9.52 Å². The van der Waals surface area contributed by atoms with Gasteiger partial charge in [0.1, 0.15) is 5.76 Å². The van der Waals surface area contributed by atoms with Gasteiger partial charge in [0, 0.05) is 36.3 Å². The van der Waals surface area contributed by atoms with Crippen molar-refractivity contribution >= 4 is 29.0 Å². The van der Waals surface area contributed by atoms with Crippen LogP contribution >= 0.6 is 0 Å². The monoisotopic (exact) mass is 541 g/mol. The number of rotatable bonds is 7. The van der Waals surface area contributed by atoms with Gasteiger partial charge < -0.3 is 14.7 Å². The number of benzene rings is 1. The van der Waals surface area contributed by atoms with Crippen molar-refractivity contribution in [2.75, 3.05) is 31.5 Å². The number of carbonyl (C=O) groups is 3. The van der Waals surface area contributed by atoms with Gasteiger partial charge in [-0.3, -0.25) is 24.3 Å². The molecule has 4 aliphatic rings. The van der Waals surface area contributed by atoms with E-state index in [9.17, 15) is 14.4 Å². The summed E-state index contributed by atoms with van der Waals surface area (Å²) in [5.74, 6) is 0.329. The fraction of sp³-hybridized carbons (Fsp3) is 0.452. The van der Waals surface area contributed by atoms with Gasteiger partial charge in [-0.15, -0.1) is 0 Å². The Morgan fingerprint density at radius 1 is 1.07 bits per heavy atom. The average Bonchev–Trinajstić information content (AvgIpc) is 3.70. The molecule has 3 aliphatic heterocycles. The zero-order valence-electron chi connectivity index (χ0n) is 23.4. The van der Waals surface area contributed by atoms with Crippen molar-refractivity contribution in [2.24, 2.45) is 4.99 Å². The van der Waals surface area contributed by atoms with Gasteiger partial charge in [-0.05, 0) is 89.9 Å². The number of allylic oxidation sites excluding steroid dienone is 4. The number of aliphatic imine (C=N–C) groups is 1. The fourth-order valence-electron chi connectivity index (χ4n) is 6.26. The summed E-state index contributed by atoms with van der Waals surface area (Å²) in [7, 11) is 0. The smallest absolute Gasteiger partial charge is 0.261 e. The number of imide groups is 1. The highest BCUT2D eigenvalue weighted by Gasteiger charge is 2.38. The summed E-state index contributed by atoms with van der Waals surface area (Å²) in [4.78, 5) is 48.2. The van der Waals surface area contributed by atoms with Gasteiger partial charge >= 0.3 is 0 Å². The number of Topliss-reactive ketones (excluding diaryl/α,β-unsaturated/α-hetero) is 1. The van der Waals surface area contributed by atoms with Crippen LogP contribution in [0.1, 0.15) is 75.9 Å². The lowest BCUT2D eigenvalue weighted by Crippen LogP contribution is -2.33. The predicted molar refractivity (Wildman–Crippen MR) is 152 cm³/mol. The first kappa shape index (κ1) is 26.4. The Hall–Kier alpha value is -3.85. The number of anilines is 1. The van der Waals surface area contributed by atoms with Crippen LogP contribution < -0.4 is 5.32 Å². The predicted octanol–water partition coefficient (Wildman–Crippen LogP) is 4.20. The van der Waals surface area contributed by atoms with Gasteiger partial charge in [0.05, 0.1) is 34.1 Å². The summed E-state index contributed by atoms with van der Waals surface area (Å²) in [6.07, 6.45) is 8.44. The standard InChI is InChI=1S/C31H35N5O4/c1-18(14-22-19(2)34-40-20(22)3)32-25-8-6-9-28(37)29(25)27-16-21-15-23-24(17-26(21)33-27)31(39)36(30(23)38)13-7-12-35-10-4-5-11-35/h6,8,15,17-18,33H,4-5,7,9-14,16H2,1-3H3. The molecular weight excluding hydrogens is 506 g/mol. The van der Waals surface area contributed by atoms with E-state index in [1.54, 1.807) is 6.07 Å². The molecule has 1 saturated heterocycles. The molecular formula is C31H35N5O4. The molecule has 2 amide bonds. The number of nitrogens with one attached hydrogen (secondary N) is 1. The van der Waals surface area contributed by atoms with Gasteiger partial charge in [0.15, 0.2) is 5.78 Å². The number of aromatic nitrogens is 1. The first-order valence-corrected chi connectivity index (χ1v) is 14.3. The number of fused-ring (bicyclic) bond motifs is 2. The molecule has 1 aromatic heterocycles. The van der Waals surface area contributed by atoms with Crippen LogP contribution in [0, 0.1) is 13.8 Å². The lowest BCUT2D eigenvalue weighted by molar-refractivity contribution is -0.114. The molecule has 9 heteroatoms. The Labute approximate surface area is 234 Å². The van der Waals surface area contributed by atoms with Crippen LogP contribution in [0.2, 0.25) is 0 Å². The summed E-state index contributed by atoms with van der Waals surface area (Å²) < 4.78 is 5.30. The molecule has 1 unspecified atom stereocenters. The van der Waals surface area contributed by atoms with Gasteiger partial charge in [-0.2, -0.15) is 0 Å². The Morgan fingerprint density at radius 3 is 2.55 bits per heavy atom. The van der Waals surface area contributed by atoms with Crippen molar-refractivity contribution in [3.05, 3.63) is 69.3 Å². The number of ketones is 1. The minimum absolute atomic E-state index is 0.00460. The second kappa shape index (κ2) is 10.6. The number of aryl methyl sites for hydroxylation is 2. The van der Waals surface area contributed by atoms with Gasteiger partial charge in [0.2, 0.25) is 0 Å². The normalized spacial score (nSPS) is 22.4. The molecule has 40 heavy (non-hydrogen) atoms. The van der Waals surface area contributed by atoms with Crippen LogP contribution in [0.4, 0.5) is 5.69 Å². The maximum Gasteiger partial charge on any atom is 0.261 e. The van der Waals surface area contributed by atoms with Crippen LogP contribution in [0.3, 0.4) is 0 Å². The molecule has 0 radical (unpaired) electrons. The molecule has 0 saturated carbocycles. The highest BCUT2D eigenvalue weighted by atomic mass is 16.5. The molecule has 1 fully saturated rings. The van der Waals surface area contributed by atoms with E-state index >= 15 is 0 Å². The largest absolute Gasteiger partial charge is 0.361 e. The third-order valence-electron chi connectivity index (χ3n) is 8.36. The van der Waals surface area contributed by atoms with Crippen molar-refractivity contribution in [3.63, 3.8) is 0 Å². The lowest BCUT2D eigenvalue weighted by Gasteiger charge is -2.18. The molecule has 1 aliphatic carbocycles.